The minimum Gasteiger partial charge on any atom is -0.354 e. The van der Waals surface area contributed by atoms with E-state index in [1.165, 1.54) is 24.1 Å². The Balaban J connectivity index is 1.31. The third kappa shape index (κ3) is 3.86. The van der Waals surface area contributed by atoms with Crippen molar-refractivity contribution in [1.82, 2.24) is 15.1 Å². The quantitative estimate of drug-likeness (QED) is 0.858. The van der Waals surface area contributed by atoms with Crippen molar-refractivity contribution in [3.63, 3.8) is 0 Å². The van der Waals surface area contributed by atoms with Crippen LogP contribution in [-0.4, -0.2) is 34.7 Å². The summed E-state index contributed by atoms with van der Waals surface area (Å²) in [4.78, 5) is 26.4. The first-order valence-electron chi connectivity index (χ1n) is 9.49. The highest BCUT2D eigenvalue weighted by Crippen LogP contribution is 2.26. The lowest BCUT2D eigenvalue weighted by Gasteiger charge is -2.17. The number of benzene rings is 1. The fraction of sp³-hybridized carbons (Fsp3) is 0.450. The zero-order valence-corrected chi connectivity index (χ0v) is 15.9. The summed E-state index contributed by atoms with van der Waals surface area (Å²) in [5.74, 6) is -0.417. The van der Waals surface area contributed by atoms with Crippen molar-refractivity contribution in [2.75, 3.05) is 18.0 Å². The van der Waals surface area contributed by atoms with Gasteiger partial charge in [0, 0.05) is 35.9 Å². The summed E-state index contributed by atoms with van der Waals surface area (Å²) in [6.45, 7) is 1.60. The molecule has 1 fully saturated rings. The predicted octanol–water partition coefficient (Wildman–Crippen LogP) is 2.58. The van der Waals surface area contributed by atoms with Crippen LogP contribution in [0.4, 0.5) is 5.69 Å². The molecule has 0 bridgehead atoms. The second-order valence-corrected chi connectivity index (χ2v) is 7.66. The van der Waals surface area contributed by atoms with Crippen molar-refractivity contribution in [1.29, 1.82) is 0 Å². The van der Waals surface area contributed by atoms with E-state index in [1.807, 2.05) is 10.9 Å². The molecule has 2 aliphatic rings. The number of anilines is 1. The Bertz CT molecular complexity index is 846. The fourth-order valence-corrected chi connectivity index (χ4v) is 4.06. The summed E-state index contributed by atoms with van der Waals surface area (Å²) in [7, 11) is 0. The lowest BCUT2D eigenvalue weighted by molar-refractivity contribution is -0.126. The summed E-state index contributed by atoms with van der Waals surface area (Å²) in [5, 5.41) is 8.05. The average molecular weight is 387 g/mol. The third-order valence-corrected chi connectivity index (χ3v) is 5.65. The minimum atomic E-state index is -0.320. The molecule has 6 nitrogen and oxygen atoms in total. The molecule has 2 amide bonds. The van der Waals surface area contributed by atoms with Crippen LogP contribution in [-0.2, 0) is 29.0 Å². The van der Waals surface area contributed by atoms with Crippen molar-refractivity contribution >= 4 is 29.1 Å². The molecule has 1 aromatic heterocycles. The number of amides is 2. The van der Waals surface area contributed by atoms with Gasteiger partial charge in [-0.25, -0.2) is 0 Å². The Morgan fingerprint density at radius 1 is 1.22 bits per heavy atom. The van der Waals surface area contributed by atoms with Crippen LogP contribution in [0.15, 0.2) is 30.5 Å². The van der Waals surface area contributed by atoms with Gasteiger partial charge in [-0.3, -0.25) is 14.3 Å². The fourth-order valence-electron chi connectivity index (χ4n) is 3.93. The Labute approximate surface area is 163 Å². The zero-order valence-electron chi connectivity index (χ0n) is 15.2. The van der Waals surface area contributed by atoms with E-state index in [0.29, 0.717) is 24.7 Å². The summed E-state index contributed by atoms with van der Waals surface area (Å²) < 4.78 is 2.01. The lowest BCUT2D eigenvalue weighted by Crippen LogP contribution is -2.35. The van der Waals surface area contributed by atoms with Crippen molar-refractivity contribution in [3.8, 4) is 0 Å². The maximum absolute atomic E-state index is 12.5. The molecule has 1 N–H and O–H groups in total. The van der Waals surface area contributed by atoms with Crippen LogP contribution in [0.1, 0.15) is 30.5 Å². The van der Waals surface area contributed by atoms with Gasteiger partial charge in [0.15, 0.2) is 0 Å². The van der Waals surface area contributed by atoms with Crippen molar-refractivity contribution in [2.24, 2.45) is 5.92 Å². The highest BCUT2D eigenvalue weighted by Gasteiger charge is 2.34. The van der Waals surface area contributed by atoms with Crippen molar-refractivity contribution < 1.29 is 9.59 Å². The van der Waals surface area contributed by atoms with Crippen LogP contribution in [0.2, 0.25) is 5.02 Å². The van der Waals surface area contributed by atoms with Crippen LogP contribution in [0.25, 0.3) is 0 Å². The lowest BCUT2D eigenvalue weighted by atomic mass is 9.98. The molecule has 1 atom stereocenters. The van der Waals surface area contributed by atoms with Crippen LogP contribution < -0.4 is 10.2 Å². The van der Waals surface area contributed by atoms with E-state index in [1.54, 1.807) is 29.2 Å². The SMILES string of the molecule is O=C(NCCn1ncc2c1CCCC2)C1CC(=O)N(c2ccc(Cl)cc2)C1. The molecular formula is C20H23ClN4O2. The molecule has 27 heavy (non-hydrogen) atoms. The van der Waals surface area contributed by atoms with Gasteiger partial charge in [0.25, 0.3) is 0 Å². The van der Waals surface area contributed by atoms with Crippen LogP contribution in [0.5, 0.6) is 0 Å². The number of nitrogens with zero attached hydrogens (tertiary/aromatic N) is 3. The Hall–Kier alpha value is -2.34. The van der Waals surface area contributed by atoms with Crippen LogP contribution >= 0.6 is 11.6 Å². The molecule has 1 aliphatic carbocycles. The molecule has 1 aromatic carbocycles. The Morgan fingerprint density at radius 3 is 2.81 bits per heavy atom. The monoisotopic (exact) mass is 386 g/mol. The van der Waals surface area contributed by atoms with Gasteiger partial charge in [0.1, 0.15) is 0 Å². The van der Waals surface area contributed by atoms with Gasteiger partial charge in [0.2, 0.25) is 11.8 Å². The Morgan fingerprint density at radius 2 is 2.00 bits per heavy atom. The number of rotatable bonds is 5. The van der Waals surface area contributed by atoms with E-state index in [-0.39, 0.29) is 24.2 Å². The van der Waals surface area contributed by atoms with Crippen LogP contribution in [0, 0.1) is 5.92 Å². The van der Waals surface area contributed by atoms with E-state index >= 15 is 0 Å². The van der Waals surface area contributed by atoms with Gasteiger partial charge in [-0.15, -0.1) is 0 Å². The summed E-state index contributed by atoms with van der Waals surface area (Å²) in [5.41, 5.74) is 3.43. The number of fused-ring (bicyclic) bond motifs is 1. The van der Waals surface area contributed by atoms with Crippen molar-refractivity contribution in [3.05, 3.63) is 46.7 Å². The number of halogens is 1. The topological polar surface area (TPSA) is 67.2 Å². The predicted molar refractivity (Wildman–Crippen MR) is 104 cm³/mol. The molecule has 4 rings (SSSR count). The van der Waals surface area contributed by atoms with Crippen molar-refractivity contribution in [2.45, 2.75) is 38.6 Å². The number of nitrogens with one attached hydrogen (secondary N) is 1. The second-order valence-electron chi connectivity index (χ2n) is 7.22. The van der Waals surface area contributed by atoms with Gasteiger partial charge >= 0.3 is 0 Å². The molecule has 0 saturated carbocycles. The zero-order chi connectivity index (χ0) is 18.8. The Kier molecular flexibility index (Phi) is 5.16. The minimum absolute atomic E-state index is 0.0291. The molecule has 0 radical (unpaired) electrons. The molecule has 1 aliphatic heterocycles. The molecule has 142 valence electrons. The van der Waals surface area contributed by atoms with Gasteiger partial charge in [-0.05, 0) is 55.5 Å². The van der Waals surface area contributed by atoms with E-state index in [2.05, 4.69) is 10.4 Å². The summed E-state index contributed by atoms with van der Waals surface area (Å²) in [6.07, 6.45) is 6.80. The van der Waals surface area contributed by atoms with Crippen LogP contribution in [0.3, 0.4) is 0 Å². The number of aryl methyl sites for hydroxylation is 1. The third-order valence-electron chi connectivity index (χ3n) is 5.40. The van der Waals surface area contributed by atoms with Gasteiger partial charge in [-0.1, -0.05) is 11.6 Å². The van der Waals surface area contributed by atoms with E-state index in [9.17, 15) is 9.59 Å². The molecular weight excluding hydrogens is 364 g/mol. The summed E-state index contributed by atoms with van der Waals surface area (Å²) >= 11 is 5.90. The number of aromatic nitrogens is 2. The van der Waals surface area contributed by atoms with Gasteiger partial charge < -0.3 is 10.2 Å². The molecule has 2 heterocycles. The van der Waals surface area contributed by atoms with E-state index < -0.39 is 0 Å². The number of carbonyl (C=O) groups is 2. The second kappa shape index (κ2) is 7.72. The highest BCUT2D eigenvalue weighted by atomic mass is 35.5. The van der Waals surface area contributed by atoms with Gasteiger partial charge in [0.05, 0.1) is 18.7 Å². The normalized spacial score (nSPS) is 19.2. The largest absolute Gasteiger partial charge is 0.354 e. The first-order valence-corrected chi connectivity index (χ1v) is 9.87. The molecule has 7 heteroatoms. The number of hydrogen-bond donors (Lipinski definition) is 1. The summed E-state index contributed by atoms with van der Waals surface area (Å²) in [6, 6.07) is 7.12. The average Bonchev–Trinajstić information content (AvgIpc) is 3.26. The smallest absolute Gasteiger partial charge is 0.227 e. The maximum Gasteiger partial charge on any atom is 0.227 e. The molecule has 1 unspecified atom stereocenters. The maximum atomic E-state index is 12.5. The number of carbonyl (C=O) groups excluding carboxylic acids is 2. The molecule has 1 saturated heterocycles. The first kappa shape index (κ1) is 18.0. The van der Waals surface area contributed by atoms with E-state index in [0.717, 1.165) is 18.5 Å². The highest BCUT2D eigenvalue weighted by molar-refractivity contribution is 6.30. The van der Waals surface area contributed by atoms with E-state index in [4.69, 9.17) is 11.6 Å². The molecule has 2 aromatic rings. The first-order chi connectivity index (χ1) is 13.1. The van der Waals surface area contributed by atoms with Gasteiger partial charge in [-0.2, -0.15) is 5.10 Å². The molecule has 0 spiro atoms. The number of hydrogen-bond acceptors (Lipinski definition) is 3. The standard InChI is InChI=1S/C20H23ClN4O2/c21-16-5-7-17(8-6-16)24-13-15(11-19(24)26)20(27)22-9-10-25-18-4-2-1-3-14(18)12-23-25/h5-8,12,15H,1-4,9-11,13H2,(H,22,27).